The maximum absolute atomic E-state index is 8.89. The van der Waals surface area contributed by atoms with E-state index in [1.807, 2.05) is 42.1 Å². The van der Waals surface area contributed by atoms with E-state index >= 15 is 0 Å². The molecule has 0 saturated heterocycles. The van der Waals surface area contributed by atoms with Crippen molar-refractivity contribution in [2.45, 2.75) is 11.1 Å². The van der Waals surface area contributed by atoms with Crippen LogP contribution in [0.1, 0.15) is 22.3 Å². The van der Waals surface area contributed by atoms with Gasteiger partial charge in [0.1, 0.15) is 11.2 Å². The second-order valence-corrected chi connectivity index (χ2v) is 5.85. The summed E-state index contributed by atoms with van der Waals surface area (Å²) < 4.78 is 2.31. The molecule has 2 heterocycles. The normalized spacial score (nSPS) is 17.1. The van der Waals surface area contributed by atoms with Crippen molar-refractivity contribution in [1.82, 2.24) is 9.55 Å². The van der Waals surface area contributed by atoms with E-state index in [1.165, 1.54) is 11.1 Å². The smallest absolute Gasteiger partial charge is 0.121 e. The summed E-state index contributed by atoms with van der Waals surface area (Å²) in [5.74, 6) is 2.06. The molecule has 3 nitrogen and oxygen atoms in total. The van der Waals surface area contributed by atoms with Crippen LogP contribution >= 0.6 is 11.8 Å². The molecule has 0 spiro atoms. The van der Waals surface area contributed by atoms with E-state index in [4.69, 9.17) is 10.2 Å². The van der Waals surface area contributed by atoms with Gasteiger partial charge in [-0.15, -0.1) is 11.8 Å². The topological polar surface area (TPSA) is 41.6 Å². The number of hydrogen-bond acceptors (Lipinski definition) is 3. The molecule has 1 atom stereocenters. The first-order valence-electron chi connectivity index (χ1n) is 6.44. The molecule has 1 aliphatic heterocycles. The second-order valence-electron chi connectivity index (χ2n) is 4.78. The van der Waals surface area contributed by atoms with Crippen molar-refractivity contribution in [2.24, 2.45) is 0 Å². The predicted octanol–water partition coefficient (Wildman–Crippen LogP) is 3.70. The molecule has 20 heavy (non-hydrogen) atoms. The summed E-state index contributed by atoms with van der Waals surface area (Å²) in [5.41, 5.74) is 4.16. The molecule has 3 aromatic rings. The summed E-state index contributed by atoms with van der Waals surface area (Å²) in [7, 11) is 0. The van der Waals surface area contributed by atoms with E-state index < -0.39 is 0 Å². The van der Waals surface area contributed by atoms with E-state index in [1.54, 1.807) is 0 Å². The number of thioether (sulfide) groups is 1. The zero-order valence-corrected chi connectivity index (χ0v) is 11.5. The van der Waals surface area contributed by atoms with Crippen LogP contribution in [-0.2, 0) is 5.75 Å². The molecule has 1 aliphatic rings. The van der Waals surface area contributed by atoms with Gasteiger partial charge in [0.2, 0.25) is 0 Å². The Morgan fingerprint density at radius 1 is 1.15 bits per heavy atom. The van der Waals surface area contributed by atoms with Gasteiger partial charge in [-0.3, -0.25) is 0 Å². The quantitative estimate of drug-likeness (QED) is 0.681. The average molecular weight is 277 g/mol. The number of imidazole rings is 1. The van der Waals surface area contributed by atoms with Crippen molar-refractivity contribution in [3.8, 4) is 6.07 Å². The highest BCUT2D eigenvalue weighted by molar-refractivity contribution is 7.99. The number of para-hydroxylation sites is 2. The number of hydrogen-bond donors (Lipinski definition) is 0. The van der Waals surface area contributed by atoms with Gasteiger partial charge >= 0.3 is 0 Å². The van der Waals surface area contributed by atoms with Crippen molar-refractivity contribution in [1.29, 1.82) is 5.26 Å². The minimum atomic E-state index is 0.255. The summed E-state index contributed by atoms with van der Waals surface area (Å²) in [5, 5.41) is 9.14. The fraction of sp³-hybridized carbons (Fsp3) is 0.125. The Morgan fingerprint density at radius 2 is 1.95 bits per heavy atom. The molecule has 2 aromatic carbocycles. The zero-order chi connectivity index (χ0) is 13.5. The highest BCUT2D eigenvalue weighted by atomic mass is 32.2. The van der Waals surface area contributed by atoms with Gasteiger partial charge in [-0.2, -0.15) is 5.26 Å². The summed E-state index contributed by atoms with van der Waals surface area (Å²) in [6.07, 6.45) is 0. The number of benzene rings is 2. The van der Waals surface area contributed by atoms with Crippen molar-refractivity contribution < 1.29 is 0 Å². The van der Waals surface area contributed by atoms with E-state index in [0.29, 0.717) is 5.56 Å². The largest absolute Gasteiger partial charge is 0.310 e. The Hall–Kier alpha value is -2.25. The van der Waals surface area contributed by atoms with Crippen molar-refractivity contribution in [2.75, 3.05) is 0 Å². The summed E-state index contributed by atoms with van der Waals surface area (Å²) >= 11 is 1.88. The molecular weight excluding hydrogens is 266 g/mol. The lowest BCUT2D eigenvalue weighted by Crippen LogP contribution is -2.03. The first kappa shape index (κ1) is 11.6. The van der Waals surface area contributed by atoms with Crippen molar-refractivity contribution >= 4 is 22.8 Å². The van der Waals surface area contributed by atoms with Gasteiger partial charge in [0.15, 0.2) is 0 Å². The van der Waals surface area contributed by atoms with Gasteiger partial charge in [-0.1, -0.05) is 24.3 Å². The van der Waals surface area contributed by atoms with Gasteiger partial charge in [0.25, 0.3) is 0 Å². The predicted molar refractivity (Wildman–Crippen MR) is 80.3 cm³/mol. The SMILES string of the molecule is N#Cc1ccc([C@@H]2SCc3nc4ccccc4n32)cc1. The Balaban J connectivity index is 1.85. The van der Waals surface area contributed by atoms with Crippen LogP contribution in [0, 0.1) is 11.3 Å². The lowest BCUT2D eigenvalue weighted by atomic mass is 10.1. The van der Waals surface area contributed by atoms with Crippen LogP contribution in [0.2, 0.25) is 0 Å². The van der Waals surface area contributed by atoms with Crippen LogP contribution in [0.4, 0.5) is 0 Å². The van der Waals surface area contributed by atoms with Crippen LogP contribution in [-0.4, -0.2) is 9.55 Å². The number of rotatable bonds is 1. The molecule has 96 valence electrons. The minimum absolute atomic E-state index is 0.255. The van der Waals surface area contributed by atoms with Crippen LogP contribution in [0.3, 0.4) is 0 Å². The number of aromatic nitrogens is 2. The summed E-state index contributed by atoms with van der Waals surface area (Å²) in [6.45, 7) is 0. The summed E-state index contributed by atoms with van der Waals surface area (Å²) in [6, 6.07) is 18.3. The molecule has 0 aliphatic carbocycles. The summed E-state index contributed by atoms with van der Waals surface area (Å²) in [4.78, 5) is 4.69. The Morgan fingerprint density at radius 3 is 2.75 bits per heavy atom. The first-order chi connectivity index (χ1) is 9.86. The van der Waals surface area contributed by atoms with E-state index in [9.17, 15) is 0 Å². The maximum atomic E-state index is 8.89. The van der Waals surface area contributed by atoms with E-state index in [-0.39, 0.29) is 5.37 Å². The number of nitriles is 1. The Bertz CT molecular complexity index is 827. The molecule has 0 N–H and O–H groups in total. The van der Waals surface area contributed by atoms with Gasteiger partial charge in [-0.25, -0.2) is 4.98 Å². The fourth-order valence-electron chi connectivity index (χ4n) is 2.65. The molecule has 0 bridgehead atoms. The van der Waals surface area contributed by atoms with Crippen LogP contribution in [0.25, 0.3) is 11.0 Å². The molecule has 0 fully saturated rings. The fourth-order valence-corrected chi connectivity index (χ4v) is 3.90. The maximum Gasteiger partial charge on any atom is 0.121 e. The number of fused-ring (bicyclic) bond motifs is 3. The molecular formula is C16H11N3S. The molecule has 0 radical (unpaired) electrons. The third-order valence-corrected chi connectivity index (χ3v) is 4.82. The second kappa shape index (κ2) is 4.39. The molecule has 0 saturated carbocycles. The van der Waals surface area contributed by atoms with Crippen LogP contribution in [0.5, 0.6) is 0 Å². The van der Waals surface area contributed by atoms with Gasteiger partial charge in [0.05, 0.1) is 28.4 Å². The van der Waals surface area contributed by atoms with E-state index in [0.717, 1.165) is 17.1 Å². The molecule has 4 heteroatoms. The van der Waals surface area contributed by atoms with Crippen LogP contribution in [0.15, 0.2) is 48.5 Å². The molecule has 4 rings (SSSR count). The number of nitrogens with zero attached hydrogens (tertiary/aromatic N) is 3. The average Bonchev–Trinajstić information content (AvgIpc) is 3.06. The monoisotopic (exact) mass is 277 g/mol. The lowest BCUT2D eigenvalue weighted by molar-refractivity contribution is 0.794. The van der Waals surface area contributed by atoms with Gasteiger partial charge < -0.3 is 4.57 Å². The first-order valence-corrected chi connectivity index (χ1v) is 7.49. The van der Waals surface area contributed by atoms with Crippen molar-refractivity contribution in [3.05, 3.63) is 65.5 Å². The van der Waals surface area contributed by atoms with Crippen molar-refractivity contribution in [3.63, 3.8) is 0 Å². The third kappa shape index (κ3) is 1.64. The molecule has 0 amide bonds. The van der Waals surface area contributed by atoms with E-state index in [2.05, 4.69) is 28.8 Å². The zero-order valence-electron chi connectivity index (χ0n) is 10.7. The minimum Gasteiger partial charge on any atom is -0.310 e. The Labute approximate surface area is 120 Å². The lowest BCUT2D eigenvalue weighted by Gasteiger charge is -2.14. The van der Waals surface area contributed by atoms with Gasteiger partial charge in [-0.05, 0) is 29.8 Å². The van der Waals surface area contributed by atoms with Crippen LogP contribution < -0.4 is 0 Å². The third-order valence-electron chi connectivity index (χ3n) is 3.60. The van der Waals surface area contributed by atoms with Gasteiger partial charge in [0, 0.05) is 0 Å². The highest BCUT2D eigenvalue weighted by Gasteiger charge is 2.27. The standard InChI is InChI=1S/C16H11N3S/c17-9-11-5-7-12(8-6-11)16-19-14-4-2-1-3-13(14)18-15(19)10-20-16/h1-8,16H,10H2/t16-/m0/s1. The molecule has 1 aromatic heterocycles. The highest BCUT2D eigenvalue weighted by Crippen LogP contribution is 2.42. The molecule has 0 unspecified atom stereocenters. The Kier molecular flexibility index (Phi) is 2.54.